The van der Waals surface area contributed by atoms with Gasteiger partial charge in [-0.2, -0.15) is 0 Å². The molecule has 0 bridgehead atoms. The Bertz CT molecular complexity index is 511. The second-order valence-corrected chi connectivity index (χ2v) is 3.91. The molecule has 0 saturated heterocycles. The fourth-order valence-electron chi connectivity index (χ4n) is 1.34. The van der Waals surface area contributed by atoms with Gasteiger partial charge in [-0.3, -0.25) is 0 Å². The van der Waals surface area contributed by atoms with Crippen LogP contribution in [0.4, 0.5) is 4.39 Å². The molecule has 0 N–H and O–H groups in total. The van der Waals surface area contributed by atoms with Gasteiger partial charge >= 0.3 is 5.24 Å². The van der Waals surface area contributed by atoms with Gasteiger partial charge in [0.15, 0.2) is 0 Å². The minimum absolute atomic E-state index is 0.0189. The molecule has 0 saturated carbocycles. The monoisotopic (exact) mass is 262 g/mol. The molecule has 0 aromatic heterocycles. The van der Waals surface area contributed by atoms with Crippen molar-refractivity contribution in [3.8, 4) is 5.75 Å². The first-order chi connectivity index (χ1) is 8.74. The van der Waals surface area contributed by atoms with Crippen molar-refractivity contribution in [1.82, 2.24) is 0 Å². The van der Waals surface area contributed by atoms with E-state index in [1.807, 2.05) is 30.3 Å². The highest BCUT2D eigenvalue weighted by Crippen LogP contribution is 2.12. The van der Waals surface area contributed by atoms with Gasteiger partial charge in [-0.05, 0) is 29.8 Å². The molecule has 0 amide bonds. The maximum absolute atomic E-state index is 12.7. The zero-order valence-corrected chi connectivity index (χ0v) is 10.3. The number of rotatable bonds is 3. The van der Waals surface area contributed by atoms with E-state index in [0.717, 1.165) is 5.56 Å². The Morgan fingerprint density at radius 3 is 2.33 bits per heavy atom. The fraction of sp³-hybridized carbons (Fsp3) is 0.0714. The van der Waals surface area contributed by atoms with E-state index in [2.05, 4.69) is 0 Å². The SMILES string of the molecule is Fc1ccc(OC(=S)OCc2ccccc2)cc1. The Morgan fingerprint density at radius 1 is 1.00 bits per heavy atom. The topological polar surface area (TPSA) is 18.5 Å². The fourth-order valence-corrected chi connectivity index (χ4v) is 1.50. The molecule has 2 nitrogen and oxygen atoms in total. The molecule has 0 atom stereocenters. The molecule has 0 aliphatic rings. The molecule has 0 heterocycles. The van der Waals surface area contributed by atoms with Crippen molar-refractivity contribution in [2.75, 3.05) is 0 Å². The van der Waals surface area contributed by atoms with E-state index in [0.29, 0.717) is 12.4 Å². The van der Waals surface area contributed by atoms with Crippen molar-refractivity contribution in [3.05, 3.63) is 66.0 Å². The standard InChI is InChI=1S/C14H11FO2S/c15-12-6-8-13(9-7-12)17-14(18)16-10-11-4-2-1-3-5-11/h1-9H,10H2. The maximum Gasteiger partial charge on any atom is 0.358 e. The van der Waals surface area contributed by atoms with E-state index in [-0.39, 0.29) is 11.1 Å². The van der Waals surface area contributed by atoms with Crippen LogP contribution in [0.5, 0.6) is 5.75 Å². The van der Waals surface area contributed by atoms with Crippen LogP contribution in [0.25, 0.3) is 0 Å². The van der Waals surface area contributed by atoms with Crippen molar-refractivity contribution >= 4 is 17.5 Å². The van der Waals surface area contributed by atoms with Gasteiger partial charge in [0.2, 0.25) is 0 Å². The van der Waals surface area contributed by atoms with Gasteiger partial charge in [-0.1, -0.05) is 30.3 Å². The van der Waals surface area contributed by atoms with E-state index >= 15 is 0 Å². The predicted molar refractivity (Wildman–Crippen MR) is 70.9 cm³/mol. The molecule has 0 unspecified atom stereocenters. The van der Waals surface area contributed by atoms with E-state index in [1.165, 1.54) is 24.3 Å². The highest BCUT2D eigenvalue weighted by Gasteiger charge is 2.02. The van der Waals surface area contributed by atoms with Crippen LogP contribution in [-0.4, -0.2) is 5.24 Å². The molecular formula is C14H11FO2S. The van der Waals surface area contributed by atoms with E-state index in [4.69, 9.17) is 21.7 Å². The lowest BCUT2D eigenvalue weighted by atomic mass is 10.2. The molecule has 0 aliphatic heterocycles. The first-order valence-electron chi connectivity index (χ1n) is 5.38. The number of thiocarbonyl (C=S) groups is 1. The van der Waals surface area contributed by atoms with Crippen LogP contribution >= 0.6 is 12.2 Å². The summed E-state index contributed by atoms with van der Waals surface area (Å²) in [4.78, 5) is 0. The van der Waals surface area contributed by atoms with E-state index in [9.17, 15) is 4.39 Å². The first-order valence-corrected chi connectivity index (χ1v) is 5.79. The molecule has 4 heteroatoms. The highest BCUT2D eigenvalue weighted by molar-refractivity contribution is 7.79. The van der Waals surface area contributed by atoms with Crippen molar-refractivity contribution in [3.63, 3.8) is 0 Å². The molecule has 2 rings (SSSR count). The number of ether oxygens (including phenoxy) is 2. The highest BCUT2D eigenvalue weighted by atomic mass is 32.1. The number of hydrogen-bond acceptors (Lipinski definition) is 3. The lowest BCUT2D eigenvalue weighted by molar-refractivity contribution is 0.237. The maximum atomic E-state index is 12.7. The van der Waals surface area contributed by atoms with Gasteiger partial charge in [-0.15, -0.1) is 0 Å². The molecule has 2 aromatic rings. The first kappa shape index (κ1) is 12.5. The number of benzene rings is 2. The molecule has 0 fully saturated rings. The van der Waals surface area contributed by atoms with E-state index < -0.39 is 0 Å². The summed E-state index contributed by atoms with van der Waals surface area (Å²) in [5, 5.41) is 0.0189. The summed E-state index contributed by atoms with van der Waals surface area (Å²) in [7, 11) is 0. The van der Waals surface area contributed by atoms with Gasteiger partial charge in [0, 0.05) is 12.2 Å². The smallest absolute Gasteiger partial charge is 0.358 e. The van der Waals surface area contributed by atoms with Crippen LogP contribution in [0.1, 0.15) is 5.56 Å². The van der Waals surface area contributed by atoms with Gasteiger partial charge in [0.1, 0.15) is 18.2 Å². The summed E-state index contributed by atoms with van der Waals surface area (Å²) in [5.41, 5.74) is 1.00. The zero-order valence-electron chi connectivity index (χ0n) is 9.51. The van der Waals surface area contributed by atoms with Crippen LogP contribution in [0.2, 0.25) is 0 Å². The third kappa shape index (κ3) is 3.82. The minimum atomic E-state index is -0.321. The Hall–Kier alpha value is -1.94. The summed E-state index contributed by atoms with van der Waals surface area (Å²) in [5.74, 6) is 0.132. The Balaban J connectivity index is 1.84. The second-order valence-electron chi connectivity index (χ2n) is 3.58. The largest absolute Gasteiger partial charge is 0.452 e. The van der Waals surface area contributed by atoms with Gasteiger partial charge in [0.25, 0.3) is 0 Å². The zero-order chi connectivity index (χ0) is 12.8. The molecule has 92 valence electrons. The van der Waals surface area contributed by atoms with Crippen molar-refractivity contribution in [2.45, 2.75) is 6.61 Å². The van der Waals surface area contributed by atoms with E-state index in [1.54, 1.807) is 0 Å². The predicted octanol–water partition coefficient (Wildman–Crippen LogP) is 3.71. The average molecular weight is 262 g/mol. The molecule has 2 aromatic carbocycles. The Kier molecular flexibility index (Phi) is 4.25. The van der Waals surface area contributed by atoms with Crippen LogP contribution in [0.15, 0.2) is 54.6 Å². The molecular weight excluding hydrogens is 251 g/mol. The average Bonchev–Trinajstić information content (AvgIpc) is 2.40. The molecule has 18 heavy (non-hydrogen) atoms. The second kappa shape index (κ2) is 6.12. The quantitative estimate of drug-likeness (QED) is 0.786. The van der Waals surface area contributed by atoms with Crippen LogP contribution in [0, 0.1) is 5.82 Å². The minimum Gasteiger partial charge on any atom is -0.452 e. The van der Waals surface area contributed by atoms with Crippen molar-refractivity contribution in [1.29, 1.82) is 0 Å². The molecule has 0 radical (unpaired) electrons. The van der Waals surface area contributed by atoms with Crippen molar-refractivity contribution < 1.29 is 13.9 Å². The molecule has 0 aliphatic carbocycles. The summed E-state index contributed by atoms with van der Waals surface area (Å²) in [6.45, 7) is 0.348. The Labute approximate surface area is 110 Å². The summed E-state index contributed by atoms with van der Waals surface area (Å²) >= 11 is 4.93. The van der Waals surface area contributed by atoms with Gasteiger partial charge < -0.3 is 9.47 Å². The lowest BCUT2D eigenvalue weighted by Crippen LogP contribution is -2.10. The van der Waals surface area contributed by atoms with Gasteiger partial charge in [0.05, 0.1) is 0 Å². The lowest BCUT2D eigenvalue weighted by Gasteiger charge is -2.08. The summed E-state index contributed by atoms with van der Waals surface area (Å²) in [6, 6.07) is 15.2. The number of halogens is 1. The normalized spacial score (nSPS) is 9.83. The molecule has 0 spiro atoms. The van der Waals surface area contributed by atoms with Crippen molar-refractivity contribution in [2.24, 2.45) is 0 Å². The number of hydrogen-bond donors (Lipinski definition) is 0. The Morgan fingerprint density at radius 2 is 1.67 bits per heavy atom. The van der Waals surface area contributed by atoms with Crippen LogP contribution in [0.3, 0.4) is 0 Å². The van der Waals surface area contributed by atoms with Gasteiger partial charge in [-0.25, -0.2) is 4.39 Å². The van der Waals surface area contributed by atoms with Crippen LogP contribution < -0.4 is 4.74 Å². The van der Waals surface area contributed by atoms with Crippen LogP contribution in [-0.2, 0) is 11.3 Å². The summed E-state index contributed by atoms with van der Waals surface area (Å²) in [6.07, 6.45) is 0. The summed E-state index contributed by atoms with van der Waals surface area (Å²) < 4.78 is 23.2. The third-order valence-corrected chi connectivity index (χ3v) is 2.42. The third-order valence-electron chi connectivity index (χ3n) is 2.21.